The Morgan fingerprint density at radius 3 is 2.80 bits per heavy atom. The zero-order valence-corrected chi connectivity index (χ0v) is 15.9. The smallest absolute Gasteiger partial charge is 0.247 e. The monoisotopic (exact) mass is 423 g/mol. The molecule has 0 saturated carbocycles. The van der Waals surface area contributed by atoms with Gasteiger partial charge in [-0.05, 0) is 42.3 Å². The Morgan fingerprint density at radius 2 is 2.16 bits per heavy atom. The molecule has 25 heavy (non-hydrogen) atoms. The Hall–Kier alpha value is -1.86. The van der Waals surface area contributed by atoms with Crippen LogP contribution >= 0.6 is 15.9 Å². The maximum absolute atomic E-state index is 12.7. The number of carbonyl (C=O) groups excluding carboxylic acids is 1. The molecule has 132 valence electrons. The normalized spacial score (nSPS) is 19.3. The molecule has 7 heteroatoms. The second-order valence-corrected chi connectivity index (χ2v) is 9.15. The molecule has 1 fully saturated rings. The Morgan fingerprint density at radius 1 is 1.32 bits per heavy atom. The highest BCUT2D eigenvalue weighted by Gasteiger charge is 2.34. The van der Waals surface area contributed by atoms with Gasteiger partial charge >= 0.3 is 0 Å². The molecular formula is C18H18BrNO4S. The molecule has 3 rings (SSSR count). The van der Waals surface area contributed by atoms with Gasteiger partial charge in [-0.1, -0.05) is 28.1 Å². The molecule has 0 unspecified atom stereocenters. The van der Waals surface area contributed by atoms with E-state index in [-0.39, 0.29) is 23.5 Å². The van der Waals surface area contributed by atoms with E-state index in [1.807, 2.05) is 24.3 Å². The summed E-state index contributed by atoms with van der Waals surface area (Å²) in [6.07, 6.45) is 5.03. The molecule has 0 aliphatic carbocycles. The molecule has 0 radical (unpaired) electrons. The third-order valence-electron chi connectivity index (χ3n) is 4.11. The number of hydrogen-bond acceptors (Lipinski definition) is 4. The first kappa shape index (κ1) is 17.9. The molecule has 1 aromatic carbocycles. The summed E-state index contributed by atoms with van der Waals surface area (Å²) in [5.74, 6) is 0.497. The van der Waals surface area contributed by atoms with Crippen LogP contribution in [0.3, 0.4) is 0 Å². The van der Waals surface area contributed by atoms with Crippen molar-refractivity contribution in [3.05, 3.63) is 64.5 Å². The molecule has 2 aromatic rings. The number of furan rings is 1. The highest BCUT2D eigenvalue weighted by Crippen LogP contribution is 2.22. The van der Waals surface area contributed by atoms with E-state index >= 15 is 0 Å². The molecular weight excluding hydrogens is 406 g/mol. The molecule has 1 aromatic heterocycles. The van der Waals surface area contributed by atoms with Gasteiger partial charge in [0.25, 0.3) is 0 Å². The van der Waals surface area contributed by atoms with Crippen molar-refractivity contribution in [3.8, 4) is 0 Å². The van der Waals surface area contributed by atoms with Gasteiger partial charge in [0.05, 0.1) is 17.8 Å². The lowest BCUT2D eigenvalue weighted by Gasteiger charge is -2.27. The van der Waals surface area contributed by atoms with Crippen molar-refractivity contribution in [2.75, 3.05) is 11.5 Å². The minimum absolute atomic E-state index is 0.0152. The van der Waals surface area contributed by atoms with Gasteiger partial charge < -0.3 is 9.32 Å². The van der Waals surface area contributed by atoms with Crippen LogP contribution in [0.2, 0.25) is 0 Å². The van der Waals surface area contributed by atoms with Gasteiger partial charge in [-0.2, -0.15) is 0 Å². The second kappa shape index (κ2) is 7.58. The highest BCUT2D eigenvalue weighted by molar-refractivity contribution is 9.10. The molecule has 0 bridgehead atoms. The lowest BCUT2D eigenvalue weighted by molar-refractivity contribution is -0.128. The second-order valence-electron chi connectivity index (χ2n) is 6.00. The Bertz CT molecular complexity index is 874. The van der Waals surface area contributed by atoms with Crippen LogP contribution in [0.1, 0.15) is 17.7 Å². The SMILES string of the molecule is O=C(/C=C/c1ccco1)N(Cc1cccc(Br)c1)[C@H]1CCS(=O)(=O)C1. The Labute approximate surface area is 155 Å². The number of benzene rings is 1. The highest BCUT2D eigenvalue weighted by atomic mass is 79.9. The van der Waals surface area contributed by atoms with E-state index < -0.39 is 9.84 Å². The molecule has 5 nitrogen and oxygen atoms in total. The summed E-state index contributed by atoms with van der Waals surface area (Å²) in [5.41, 5.74) is 0.943. The van der Waals surface area contributed by atoms with Crippen LogP contribution in [0.25, 0.3) is 6.08 Å². The predicted molar refractivity (Wildman–Crippen MR) is 99.5 cm³/mol. The lowest BCUT2D eigenvalue weighted by Crippen LogP contribution is -2.39. The van der Waals surface area contributed by atoms with Gasteiger partial charge in [0.15, 0.2) is 9.84 Å². The van der Waals surface area contributed by atoms with Crippen molar-refractivity contribution in [1.82, 2.24) is 4.90 Å². The van der Waals surface area contributed by atoms with Gasteiger partial charge in [-0.15, -0.1) is 0 Å². The topological polar surface area (TPSA) is 67.6 Å². The van der Waals surface area contributed by atoms with Crippen LogP contribution in [0.15, 0.2) is 57.6 Å². The number of rotatable bonds is 5. The van der Waals surface area contributed by atoms with Crippen molar-refractivity contribution in [2.45, 2.75) is 19.0 Å². The first-order valence-corrected chi connectivity index (χ1v) is 10.5. The van der Waals surface area contributed by atoms with E-state index in [9.17, 15) is 13.2 Å². The Balaban J connectivity index is 1.82. The molecule has 1 atom stereocenters. The fourth-order valence-corrected chi connectivity index (χ4v) is 5.05. The summed E-state index contributed by atoms with van der Waals surface area (Å²) < 4.78 is 29.8. The summed E-state index contributed by atoms with van der Waals surface area (Å²) in [5, 5.41) is 0. The van der Waals surface area contributed by atoms with Gasteiger partial charge in [-0.25, -0.2) is 8.42 Å². The van der Waals surface area contributed by atoms with Crippen LogP contribution in [0.4, 0.5) is 0 Å². The maximum Gasteiger partial charge on any atom is 0.247 e. The van der Waals surface area contributed by atoms with Crippen LogP contribution in [0, 0.1) is 0 Å². The lowest BCUT2D eigenvalue weighted by atomic mass is 10.1. The van der Waals surface area contributed by atoms with Gasteiger partial charge in [0.2, 0.25) is 5.91 Å². The van der Waals surface area contributed by atoms with E-state index in [2.05, 4.69) is 15.9 Å². The summed E-state index contributed by atoms with van der Waals surface area (Å²) >= 11 is 3.42. The zero-order chi connectivity index (χ0) is 17.9. The third kappa shape index (κ3) is 4.83. The number of carbonyl (C=O) groups is 1. The number of amides is 1. The molecule has 1 aliphatic heterocycles. The fourth-order valence-electron chi connectivity index (χ4n) is 2.88. The Kier molecular flexibility index (Phi) is 5.44. The first-order valence-electron chi connectivity index (χ1n) is 7.90. The van der Waals surface area contributed by atoms with Crippen molar-refractivity contribution in [2.24, 2.45) is 0 Å². The van der Waals surface area contributed by atoms with Gasteiger partial charge in [0, 0.05) is 23.1 Å². The van der Waals surface area contributed by atoms with Crippen LogP contribution in [-0.4, -0.2) is 36.8 Å². The van der Waals surface area contributed by atoms with E-state index in [4.69, 9.17) is 4.42 Å². The van der Waals surface area contributed by atoms with Gasteiger partial charge in [-0.3, -0.25) is 4.79 Å². The molecule has 0 N–H and O–H groups in total. The van der Waals surface area contributed by atoms with Crippen molar-refractivity contribution in [3.63, 3.8) is 0 Å². The van der Waals surface area contributed by atoms with Crippen LogP contribution in [-0.2, 0) is 21.2 Å². The van der Waals surface area contributed by atoms with E-state index in [1.54, 1.807) is 23.1 Å². The maximum atomic E-state index is 12.7. The minimum Gasteiger partial charge on any atom is -0.465 e. The summed E-state index contributed by atoms with van der Waals surface area (Å²) in [7, 11) is -3.08. The summed E-state index contributed by atoms with van der Waals surface area (Å²) in [4.78, 5) is 14.3. The number of hydrogen-bond donors (Lipinski definition) is 0. The standard InChI is InChI=1S/C18H18BrNO4S/c19-15-4-1-3-14(11-15)12-20(16-8-10-25(22,23)13-16)18(21)7-6-17-5-2-9-24-17/h1-7,9,11,16H,8,10,12-13H2/b7-6+/t16-/m0/s1. The quantitative estimate of drug-likeness (QED) is 0.691. The average Bonchev–Trinajstić information content (AvgIpc) is 3.19. The van der Waals surface area contributed by atoms with E-state index in [0.29, 0.717) is 18.7 Å². The number of halogens is 1. The molecule has 1 aliphatic rings. The van der Waals surface area contributed by atoms with E-state index in [0.717, 1.165) is 10.0 Å². The number of sulfone groups is 1. The van der Waals surface area contributed by atoms with Crippen LogP contribution < -0.4 is 0 Å². The van der Waals surface area contributed by atoms with E-state index in [1.165, 1.54) is 12.3 Å². The zero-order valence-electron chi connectivity index (χ0n) is 13.5. The molecule has 1 saturated heterocycles. The van der Waals surface area contributed by atoms with Crippen molar-refractivity contribution in [1.29, 1.82) is 0 Å². The minimum atomic E-state index is -3.08. The fraction of sp³-hybridized carbons (Fsp3) is 0.278. The third-order valence-corrected chi connectivity index (χ3v) is 6.35. The molecule has 0 spiro atoms. The molecule has 1 amide bonds. The summed E-state index contributed by atoms with van der Waals surface area (Å²) in [6, 6.07) is 10.8. The summed E-state index contributed by atoms with van der Waals surface area (Å²) in [6.45, 7) is 0.362. The largest absolute Gasteiger partial charge is 0.465 e. The van der Waals surface area contributed by atoms with Gasteiger partial charge in [0.1, 0.15) is 5.76 Å². The predicted octanol–water partition coefficient (Wildman–Crippen LogP) is 3.27. The van der Waals surface area contributed by atoms with Crippen LogP contribution in [0.5, 0.6) is 0 Å². The average molecular weight is 424 g/mol. The number of nitrogens with zero attached hydrogens (tertiary/aromatic N) is 1. The first-order chi connectivity index (χ1) is 11.9. The van der Waals surface area contributed by atoms with Crippen molar-refractivity contribution < 1.29 is 17.6 Å². The molecule has 2 heterocycles. The van der Waals surface area contributed by atoms with Crippen molar-refractivity contribution >= 4 is 37.8 Å².